The van der Waals surface area contributed by atoms with Crippen molar-refractivity contribution < 1.29 is 19.1 Å². The third-order valence-corrected chi connectivity index (χ3v) is 3.50. The molecule has 0 aromatic heterocycles. The number of hydrogen-bond donors (Lipinski definition) is 2. The third-order valence-electron chi connectivity index (χ3n) is 3.50. The number of nitrogens with zero attached hydrogens (tertiary/aromatic N) is 1. The van der Waals surface area contributed by atoms with Gasteiger partial charge in [0.15, 0.2) is 0 Å². The summed E-state index contributed by atoms with van der Waals surface area (Å²) in [6.45, 7) is 10.1. The van der Waals surface area contributed by atoms with Crippen LogP contribution in [0.25, 0.3) is 0 Å². The van der Waals surface area contributed by atoms with Gasteiger partial charge in [0, 0.05) is 25.0 Å². The van der Waals surface area contributed by atoms with Crippen molar-refractivity contribution >= 4 is 17.9 Å². The highest BCUT2D eigenvalue weighted by molar-refractivity contribution is 5.82. The van der Waals surface area contributed by atoms with Gasteiger partial charge in [-0.25, -0.2) is 4.79 Å². The van der Waals surface area contributed by atoms with E-state index in [-0.39, 0.29) is 30.3 Å². The highest BCUT2D eigenvalue weighted by Gasteiger charge is 2.25. The number of ether oxygens (including phenoxy) is 1. The van der Waals surface area contributed by atoms with E-state index in [2.05, 4.69) is 10.6 Å². The Morgan fingerprint density at radius 3 is 2.22 bits per heavy atom. The number of rotatable bonds is 4. The van der Waals surface area contributed by atoms with Gasteiger partial charge in [0.05, 0.1) is 0 Å². The Morgan fingerprint density at radius 2 is 1.74 bits per heavy atom. The van der Waals surface area contributed by atoms with Gasteiger partial charge in [0.1, 0.15) is 12.1 Å². The zero-order valence-electron chi connectivity index (χ0n) is 14.8. The van der Waals surface area contributed by atoms with Crippen molar-refractivity contribution in [1.29, 1.82) is 0 Å². The van der Waals surface area contributed by atoms with Crippen molar-refractivity contribution in [1.82, 2.24) is 15.5 Å². The minimum Gasteiger partial charge on any atom is -0.444 e. The van der Waals surface area contributed by atoms with E-state index in [4.69, 9.17) is 4.74 Å². The molecule has 7 heteroatoms. The lowest BCUT2D eigenvalue weighted by Crippen LogP contribution is -2.49. The van der Waals surface area contributed by atoms with Gasteiger partial charge < -0.3 is 20.3 Å². The molecule has 0 atom stereocenters. The second-order valence-electron chi connectivity index (χ2n) is 7.17. The summed E-state index contributed by atoms with van der Waals surface area (Å²) in [6, 6.07) is 0.118. The van der Waals surface area contributed by atoms with Crippen molar-refractivity contribution in [2.24, 2.45) is 5.92 Å². The number of hydrogen-bond acceptors (Lipinski definition) is 4. The van der Waals surface area contributed by atoms with Gasteiger partial charge in [-0.3, -0.25) is 9.59 Å². The van der Waals surface area contributed by atoms with Gasteiger partial charge in [0.25, 0.3) is 0 Å². The van der Waals surface area contributed by atoms with Crippen LogP contribution in [0, 0.1) is 5.92 Å². The summed E-state index contributed by atoms with van der Waals surface area (Å²) < 4.78 is 5.09. The first-order chi connectivity index (χ1) is 10.6. The molecule has 1 fully saturated rings. The number of carbonyl (C=O) groups is 3. The number of piperidine rings is 1. The molecule has 0 bridgehead atoms. The van der Waals surface area contributed by atoms with Gasteiger partial charge in [-0.2, -0.15) is 0 Å². The van der Waals surface area contributed by atoms with Gasteiger partial charge in [-0.05, 0) is 33.6 Å². The van der Waals surface area contributed by atoms with Crippen LogP contribution in [0.3, 0.4) is 0 Å². The highest BCUT2D eigenvalue weighted by atomic mass is 16.6. The Kier molecular flexibility index (Phi) is 6.84. The van der Waals surface area contributed by atoms with E-state index in [1.54, 1.807) is 25.7 Å². The number of likely N-dealkylation sites (tertiary alicyclic amines) is 1. The molecule has 1 aliphatic heterocycles. The number of alkyl carbamates (subject to hydrolysis) is 1. The fraction of sp³-hybridized carbons (Fsp3) is 0.812. The van der Waals surface area contributed by atoms with E-state index in [1.165, 1.54) is 0 Å². The molecule has 1 saturated heterocycles. The van der Waals surface area contributed by atoms with Gasteiger partial charge in [-0.1, -0.05) is 13.8 Å². The largest absolute Gasteiger partial charge is 0.444 e. The first-order valence-electron chi connectivity index (χ1n) is 8.13. The topological polar surface area (TPSA) is 87.7 Å². The molecule has 0 saturated carbocycles. The second kappa shape index (κ2) is 8.17. The molecule has 0 radical (unpaired) electrons. The van der Waals surface area contributed by atoms with Crippen LogP contribution in [0.15, 0.2) is 0 Å². The van der Waals surface area contributed by atoms with Crippen molar-refractivity contribution in [3.05, 3.63) is 0 Å². The molecule has 0 aromatic carbocycles. The van der Waals surface area contributed by atoms with Gasteiger partial charge in [0.2, 0.25) is 11.8 Å². The zero-order chi connectivity index (χ0) is 17.6. The zero-order valence-corrected chi connectivity index (χ0v) is 14.8. The lowest BCUT2D eigenvalue weighted by molar-refractivity contribution is -0.131. The highest BCUT2D eigenvalue weighted by Crippen LogP contribution is 2.11. The molecule has 1 heterocycles. The molecule has 1 rings (SSSR count). The Balaban J connectivity index is 2.30. The number of carbonyl (C=O) groups excluding carboxylic acids is 3. The summed E-state index contributed by atoms with van der Waals surface area (Å²) in [4.78, 5) is 37.0. The van der Waals surface area contributed by atoms with E-state index < -0.39 is 11.7 Å². The Bertz CT molecular complexity index is 435. The van der Waals surface area contributed by atoms with Crippen LogP contribution in [0.1, 0.15) is 47.5 Å². The summed E-state index contributed by atoms with van der Waals surface area (Å²) in [5, 5.41) is 5.46. The summed E-state index contributed by atoms with van der Waals surface area (Å²) in [5.41, 5.74) is -0.583. The fourth-order valence-corrected chi connectivity index (χ4v) is 2.21. The quantitative estimate of drug-likeness (QED) is 0.814. The van der Waals surface area contributed by atoms with E-state index in [0.29, 0.717) is 13.1 Å². The molecule has 0 unspecified atom stereocenters. The van der Waals surface area contributed by atoms with Crippen molar-refractivity contribution in [2.75, 3.05) is 19.6 Å². The van der Waals surface area contributed by atoms with E-state index in [1.807, 2.05) is 13.8 Å². The number of nitrogens with one attached hydrogen (secondary N) is 2. The Labute approximate surface area is 138 Å². The first-order valence-corrected chi connectivity index (χ1v) is 8.13. The SMILES string of the molecule is CC(C)C(=O)NC1CCN(C(=O)CNC(=O)OC(C)(C)C)CC1. The van der Waals surface area contributed by atoms with Crippen LogP contribution in [0.4, 0.5) is 4.79 Å². The molecule has 0 aliphatic carbocycles. The lowest BCUT2D eigenvalue weighted by atomic mass is 10.0. The maximum atomic E-state index is 12.1. The van der Waals surface area contributed by atoms with Crippen molar-refractivity contribution in [2.45, 2.75) is 59.1 Å². The molecular formula is C16H29N3O4. The van der Waals surface area contributed by atoms with Crippen LogP contribution < -0.4 is 10.6 Å². The maximum absolute atomic E-state index is 12.1. The number of amides is 3. The Hall–Kier alpha value is -1.79. The molecule has 7 nitrogen and oxygen atoms in total. The molecule has 0 spiro atoms. The lowest BCUT2D eigenvalue weighted by Gasteiger charge is -2.32. The van der Waals surface area contributed by atoms with Crippen molar-refractivity contribution in [3.8, 4) is 0 Å². The van der Waals surface area contributed by atoms with Crippen LogP contribution >= 0.6 is 0 Å². The fourth-order valence-electron chi connectivity index (χ4n) is 2.21. The summed E-state index contributed by atoms with van der Waals surface area (Å²) in [6.07, 6.45) is 0.873. The van der Waals surface area contributed by atoms with E-state index in [0.717, 1.165) is 12.8 Å². The minimum absolute atomic E-state index is 0.0345. The molecule has 3 amide bonds. The smallest absolute Gasteiger partial charge is 0.408 e. The first kappa shape index (κ1) is 19.3. The van der Waals surface area contributed by atoms with Gasteiger partial charge in [-0.15, -0.1) is 0 Å². The average molecular weight is 327 g/mol. The van der Waals surface area contributed by atoms with E-state index >= 15 is 0 Å². The van der Waals surface area contributed by atoms with Crippen molar-refractivity contribution in [3.63, 3.8) is 0 Å². The normalized spacial score (nSPS) is 16.2. The maximum Gasteiger partial charge on any atom is 0.408 e. The standard InChI is InChI=1S/C16H29N3O4/c1-11(2)14(21)18-12-6-8-19(9-7-12)13(20)10-17-15(22)23-16(3,4)5/h11-12H,6-10H2,1-5H3,(H,17,22)(H,18,21). The Morgan fingerprint density at radius 1 is 1.17 bits per heavy atom. The van der Waals surface area contributed by atoms with Crippen LogP contribution in [0.2, 0.25) is 0 Å². The monoisotopic (exact) mass is 327 g/mol. The molecule has 1 aliphatic rings. The molecular weight excluding hydrogens is 298 g/mol. The van der Waals surface area contributed by atoms with Crippen LogP contribution in [-0.4, -0.2) is 54.1 Å². The molecule has 23 heavy (non-hydrogen) atoms. The predicted molar refractivity (Wildman–Crippen MR) is 86.8 cm³/mol. The van der Waals surface area contributed by atoms with Gasteiger partial charge >= 0.3 is 6.09 Å². The van der Waals surface area contributed by atoms with Crippen LogP contribution in [0.5, 0.6) is 0 Å². The third kappa shape index (κ3) is 7.34. The molecule has 0 aromatic rings. The predicted octanol–water partition coefficient (Wildman–Crippen LogP) is 1.27. The van der Waals surface area contributed by atoms with Crippen LogP contribution in [-0.2, 0) is 14.3 Å². The van der Waals surface area contributed by atoms with E-state index in [9.17, 15) is 14.4 Å². The average Bonchev–Trinajstić information content (AvgIpc) is 2.43. The summed E-state index contributed by atoms with van der Waals surface area (Å²) in [5.74, 6) is -0.126. The minimum atomic E-state index is -0.593. The second-order valence-corrected chi connectivity index (χ2v) is 7.17. The molecule has 132 valence electrons. The summed E-state index contributed by atoms with van der Waals surface area (Å²) >= 11 is 0. The summed E-state index contributed by atoms with van der Waals surface area (Å²) in [7, 11) is 0. The molecule has 2 N–H and O–H groups in total.